The molecule has 0 saturated heterocycles. The Hall–Kier alpha value is -3.62. The second-order valence-electron chi connectivity index (χ2n) is 7.41. The molecule has 0 bridgehead atoms. The van der Waals surface area contributed by atoms with E-state index in [0.29, 0.717) is 17.4 Å². The highest BCUT2D eigenvalue weighted by molar-refractivity contribution is 5.91. The molecule has 0 aliphatic carbocycles. The van der Waals surface area contributed by atoms with Gasteiger partial charge in [0, 0.05) is 23.2 Å². The molecule has 0 radical (unpaired) electrons. The lowest BCUT2D eigenvalue weighted by atomic mass is 9.93. The summed E-state index contributed by atoms with van der Waals surface area (Å²) in [5, 5.41) is 9.72. The number of hydrogen-bond donors (Lipinski definition) is 4. The van der Waals surface area contributed by atoms with Crippen molar-refractivity contribution in [2.45, 2.75) is 32.6 Å². The predicted molar refractivity (Wildman–Crippen MR) is 108 cm³/mol. The van der Waals surface area contributed by atoms with Crippen molar-refractivity contribution in [3.63, 3.8) is 0 Å². The Morgan fingerprint density at radius 1 is 1.07 bits per heavy atom. The number of nitrogens with one attached hydrogen (secondary N) is 2. The summed E-state index contributed by atoms with van der Waals surface area (Å²) < 4.78 is 5.27. The van der Waals surface area contributed by atoms with E-state index in [-0.39, 0.29) is 29.5 Å². The summed E-state index contributed by atoms with van der Waals surface area (Å²) in [6.45, 7) is 6.04. The molecule has 0 unspecified atom stereocenters. The number of amides is 1. The number of benzene rings is 1. The average molecular weight is 381 g/mol. The van der Waals surface area contributed by atoms with Gasteiger partial charge >= 0.3 is 0 Å². The first-order chi connectivity index (χ1) is 13.2. The molecule has 28 heavy (non-hydrogen) atoms. The lowest BCUT2D eigenvalue weighted by molar-refractivity contribution is -0.115. The number of nitrogens with two attached hydrogens (primary N) is 2. The summed E-state index contributed by atoms with van der Waals surface area (Å²) in [6, 6.07) is 10.7. The van der Waals surface area contributed by atoms with Crippen LogP contribution in [0.1, 0.15) is 32.1 Å². The fourth-order valence-electron chi connectivity index (χ4n) is 2.46. The SMILES string of the molecule is CC(C)(C)c1cc(NC(=O)Cc2ccc(Nc3cc(N)nc(N)n3)cc2)no1. The minimum absolute atomic E-state index is 0.0956. The van der Waals surface area contributed by atoms with Crippen molar-refractivity contribution in [2.24, 2.45) is 0 Å². The molecule has 1 amide bonds. The average Bonchev–Trinajstić information content (AvgIpc) is 3.04. The van der Waals surface area contributed by atoms with Crippen LogP contribution in [0.15, 0.2) is 40.9 Å². The molecular weight excluding hydrogens is 358 g/mol. The van der Waals surface area contributed by atoms with Crippen LogP contribution in [0.2, 0.25) is 0 Å². The number of aromatic nitrogens is 3. The number of hydrogen-bond acceptors (Lipinski definition) is 8. The number of carbonyl (C=O) groups is 1. The summed E-state index contributed by atoms with van der Waals surface area (Å²) in [6.07, 6.45) is 0.214. The summed E-state index contributed by atoms with van der Waals surface area (Å²) in [5.41, 5.74) is 12.7. The molecule has 9 nitrogen and oxygen atoms in total. The van der Waals surface area contributed by atoms with Crippen LogP contribution in [0.25, 0.3) is 0 Å². The molecular formula is C19H23N7O2. The van der Waals surface area contributed by atoms with Crippen LogP contribution in [0.4, 0.5) is 29.1 Å². The largest absolute Gasteiger partial charge is 0.383 e. The maximum atomic E-state index is 12.2. The van der Waals surface area contributed by atoms with E-state index in [1.165, 1.54) is 0 Å². The summed E-state index contributed by atoms with van der Waals surface area (Å²) >= 11 is 0. The summed E-state index contributed by atoms with van der Waals surface area (Å²) in [4.78, 5) is 20.1. The molecule has 0 aliphatic rings. The topological polar surface area (TPSA) is 145 Å². The van der Waals surface area contributed by atoms with Gasteiger partial charge in [-0.25, -0.2) is 0 Å². The van der Waals surface area contributed by atoms with Crippen molar-refractivity contribution < 1.29 is 9.32 Å². The Kier molecular flexibility index (Phi) is 5.16. The van der Waals surface area contributed by atoms with Gasteiger partial charge in [-0.15, -0.1) is 0 Å². The van der Waals surface area contributed by atoms with Crippen LogP contribution >= 0.6 is 0 Å². The smallest absolute Gasteiger partial charge is 0.230 e. The third kappa shape index (κ3) is 4.97. The van der Waals surface area contributed by atoms with E-state index in [0.717, 1.165) is 11.3 Å². The number of anilines is 5. The number of nitrogens with zero attached hydrogens (tertiary/aromatic N) is 3. The zero-order valence-corrected chi connectivity index (χ0v) is 16.0. The number of rotatable bonds is 5. The highest BCUT2D eigenvalue weighted by Gasteiger charge is 2.20. The van der Waals surface area contributed by atoms with Crippen LogP contribution < -0.4 is 22.1 Å². The van der Waals surface area contributed by atoms with Crippen molar-refractivity contribution in [3.05, 3.63) is 47.7 Å². The second-order valence-corrected chi connectivity index (χ2v) is 7.41. The van der Waals surface area contributed by atoms with Gasteiger partial charge in [0.1, 0.15) is 17.4 Å². The number of carbonyl (C=O) groups excluding carboxylic acids is 1. The van der Waals surface area contributed by atoms with Gasteiger partial charge < -0.3 is 26.6 Å². The molecule has 1 aromatic carbocycles. The molecule has 0 atom stereocenters. The van der Waals surface area contributed by atoms with Crippen LogP contribution in [0, 0.1) is 0 Å². The van der Waals surface area contributed by atoms with Gasteiger partial charge in [-0.2, -0.15) is 9.97 Å². The molecule has 0 saturated carbocycles. The minimum Gasteiger partial charge on any atom is -0.383 e. The van der Waals surface area contributed by atoms with E-state index in [1.54, 1.807) is 12.1 Å². The van der Waals surface area contributed by atoms with Gasteiger partial charge in [0.15, 0.2) is 5.82 Å². The molecule has 2 aromatic heterocycles. The standard InChI is InChI=1S/C19H23N7O2/c1-19(2,3)13-9-16(26-28-13)24-17(27)8-11-4-6-12(7-5-11)22-15-10-14(20)23-18(21)25-15/h4-7,9-10H,8H2,1-3H3,(H,24,26,27)(H5,20,21,22,23,25). The van der Waals surface area contributed by atoms with E-state index in [4.69, 9.17) is 16.0 Å². The van der Waals surface area contributed by atoms with Crippen molar-refractivity contribution in [2.75, 3.05) is 22.1 Å². The first-order valence-electron chi connectivity index (χ1n) is 8.72. The molecule has 0 spiro atoms. The molecule has 3 rings (SSSR count). The fraction of sp³-hybridized carbons (Fsp3) is 0.263. The van der Waals surface area contributed by atoms with Crippen molar-refractivity contribution in [1.29, 1.82) is 0 Å². The maximum absolute atomic E-state index is 12.2. The normalized spacial score (nSPS) is 11.2. The van der Waals surface area contributed by atoms with Crippen LogP contribution in [-0.2, 0) is 16.6 Å². The highest BCUT2D eigenvalue weighted by atomic mass is 16.5. The van der Waals surface area contributed by atoms with Crippen LogP contribution in [0.3, 0.4) is 0 Å². The Morgan fingerprint density at radius 3 is 2.39 bits per heavy atom. The van der Waals surface area contributed by atoms with Crippen LogP contribution in [-0.4, -0.2) is 21.0 Å². The quantitative estimate of drug-likeness (QED) is 0.528. The van der Waals surface area contributed by atoms with Gasteiger partial charge in [0.2, 0.25) is 11.9 Å². The third-order valence-electron chi connectivity index (χ3n) is 3.87. The van der Waals surface area contributed by atoms with Crippen LogP contribution in [0.5, 0.6) is 0 Å². The third-order valence-corrected chi connectivity index (χ3v) is 3.87. The van der Waals surface area contributed by atoms with Gasteiger partial charge in [0.25, 0.3) is 0 Å². The van der Waals surface area contributed by atoms with E-state index in [1.807, 2.05) is 45.0 Å². The summed E-state index contributed by atoms with van der Waals surface area (Å²) in [7, 11) is 0. The Labute approximate surface area is 162 Å². The zero-order chi connectivity index (χ0) is 20.3. The van der Waals surface area contributed by atoms with Gasteiger partial charge in [-0.3, -0.25) is 4.79 Å². The first kappa shape index (κ1) is 19.2. The zero-order valence-electron chi connectivity index (χ0n) is 16.0. The minimum atomic E-state index is -0.175. The lowest BCUT2D eigenvalue weighted by Gasteiger charge is -2.12. The fourth-order valence-corrected chi connectivity index (χ4v) is 2.46. The van der Waals surface area contributed by atoms with Crippen molar-refractivity contribution >= 4 is 35.0 Å². The molecule has 0 aliphatic heterocycles. The van der Waals surface area contributed by atoms with E-state index >= 15 is 0 Å². The van der Waals surface area contributed by atoms with Gasteiger partial charge in [0.05, 0.1) is 6.42 Å². The molecule has 6 N–H and O–H groups in total. The van der Waals surface area contributed by atoms with Gasteiger partial charge in [-0.1, -0.05) is 38.1 Å². The lowest BCUT2D eigenvalue weighted by Crippen LogP contribution is -2.14. The van der Waals surface area contributed by atoms with Crippen molar-refractivity contribution in [3.8, 4) is 0 Å². The Morgan fingerprint density at radius 2 is 1.79 bits per heavy atom. The van der Waals surface area contributed by atoms with Gasteiger partial charge in [-0.05, 0) is 17.7 Å². The Bertz CT molecular complexity index is 954. The Balaban J connectivity index is 1.59. The highest BCUT2D eigenvalue weighted by Crippen LogP contribution is 2.24. The maximum Gasteiger partial charge on any atom is 0.230 e. The van der Waals surface area contributed by atoms with E-state index in [2.05, 4.69) is 25.8 Å². The van der Waals surface area contributed by atoms with Crippen molar-refractivity contribution in [1.82, 2.24) is 15.1 Å². The summed E-state index contributed by atoms with van der Waals surface area (Å²) in [5.74, 6) is 1.82. The number of nitrogen functional groups attached to an aromatic ring is 2. The molecule has 9 heteroatoms. The molecule has 3 aromatic rings. The first-order valence-corrected chi connectivity index (χ1v) is 8.72. The van der Waals surface area contributed by atoms with E-state index in [9.17, 15) is 4.79 Å². The second kappa shape index (κ2) is 7.55. The molecule has 2 heterocycles. The monoisotopic (exact) mass is 381 g/mol. The molecule has 0 fully saturated rings. The van der Waals surface area contributed by atoms with E-state index < -0.39 is 0 Å². The molecule has 146 valence electrons. The predicted octanol–water partition coefficient (Wildman–Crippen LogP) is 2.85.